The van der Waals surface area contributed by atoms with E-state index in [1.807, 2.05) is 5.32 Å². The molecule has 9 N–H and O–H groups in total. The molecule has 0 fully saturated rings. The fourth-order valence-corrected chi connectivity index (χ4v) is 2.04. The maximum absolute atomic E-state index is 12.3. The van der Waals surface area contributed by atoms with Crippen LogP contribution >= 0.6 is 0 Å². The third-order valence-corrected chi connectivity index (χ3v) is 3.76. The van der Waals surface area contributed by atoms with Gasteiger partial charge in [0, 0.05) is 6.42 Å². The average molecular weight is 417 g/mol. The van der Waals surface area contributed by atoms with Crippen LogP contribution in [0.4, 0.5) is 0 Å². The first-order valence-electron chi connectivity index (χ1n) is 8.71. The van der Waals surface area contributed by atoms with Crippen LogP contribution in [0.2, 0.25) is 0 Å². The van der Waals surface area contributed by atoms with Gasteiger partial charge in [-0.2, -0.15) is 0 Å². The van der Waals surface area contributed by atoms with Crippen molar-refractivity contribution in [1.82, 2.24) is 16.0 Å². The van der Waals surface area contributed by atoms with Gasteiger partial charge in [0.2, 0.25) is 23.6 Å². The lowest BCUT2D eigenvalue weighted by Crippen LogP contribution is -2.55. The average Bonchev–Trinajstić information content (AvgIpc) is 2.60. The number of nitrogens with one attached hydrogen (secondary N) is 3. The Balaban J connectivity index is 4.96. The summed E-state index contributed by atoms with van der Waals surface area (Å²) in [4.78, 5) is 68.9. The number of carbonyl (C=O) groups is 6. The molecule has 13 nitrogen and oxygen atoms in total. The molecule has 0 aromatic heterocycles. The molecule has 0 heterocycles. The van der Waals surface area contributed by atoms with E-state index < -0.39 is 79.5 Å². The van der Waals surface area contributed by atoms with Gasteiger partial charge in [-0.15, -0.1) is 0 Å². The molecule has 0 aromatic rings. The van der Waals surface area contributed by atoms with Gasteiger partial charge in [-0.1, -0.05) is 13.8 Å². The quantitative estimate of drug-likeness (QED) is 0.160. The topological polar surface area (TPSA) is 231 Å². The lowest BCUT2D eigenvalue weighted by molar-refractivity contribution is -0.143. The number of primary amides is 1. The molecule has 0 saturated heterocycles. The molecule has 0 saturated carbocycles. The fraction of sp³-hybridized carbons (Fsp3) is 0.625. The van der Waals surface area contributed by atoms with E-state index in [-0.39, 0.29) is 5.92 Å². The standard InChI is InChI=1S/C16H27N5O8/c1-7(2)13(18)15(27)19-6-11(23)20-9(5-10(17)22)14(26)21-8(16(28)29)3-4-12(24)25/h7-9,13H,3-6,18H2,1-2H3,(H2,17,22)(H,19,27)(H,20,23)(H,21,26)(H,24,25)(H,28,29)/t8-,9-,13-/m0/s1. The second-order valence-corrected chi connectivity index (χ2v) is 6.61. The number of hydrogen-bond donors (Lipinski definition) is 7. The first kappa shape index (κ1) is 25.8. The largest absolute Gasteiger partial charge is 0.481 e. The van der Waals surface area contributed by atoms with Gasteiger partial charge in [-0.25, -0.2) is 4.79 Å². The molecule has 0 aliphatic heterocycles. The van der Waals surface area contributed by atoms with Crippen LogP contribution in [0.25, 0.3) is 0 Å². The van der Waals surface area contributed by atoms with Crippen molar-refractivity contribution in [1.29, 1.82) is 0 Å². The number of carboxylic acids is 2. The minimum absolute atomic E-state index is 0.176. The van der Waals surface area contributed by atoms with Crippen LogP contribution in [-0.2, 0) is 28.8 Å². The van der Waals surface area contributed by atoms with E-state index in [1.54, 1.807) is 13.8 Å². The van der Waals surface area contributed by atoms with Crippen molar-refractivity contribution in [2.75, 3.05) is 6.54 Å². The van der Waals surface area contributed by atoms with Crippen LogP contribution in [0.1, 0.15) is 33.1 Å². The van der Waals surface area contributed by atoms with Crippen LogP contribution in [0.3, 0.4) is 0 Å². The summed E-state index contributed by atoms with van der Waals surface area (Å²) >= 11 is 0. The molecule has 0 spiro atoms. The maximum Gasteiger partial charge on any atom is 0.326 e. The Morgan fingerprint density at radius 2 is 1.52 bits per heavy atom. The lowest BCUT2D eigenvalue weighted by Gasteiger charge is -2.21. The van der Waals surface area contributed by atoms with Gasteiger partial charge in [0.05, 0.1) is 19.0 Å². The number of carboxylic acid groups (broad SMARTS) is 2. The summed E-state index contributed by atoms with van der Waals surface area (Å²) in [5.74, 6) is -6.35. The summed E-state index contributed by atoms with van der Waals surface area (Å²) in [7, 11) is 0. The van der Waals surface area contributed by atoms with Crippen LogP contribution in [-0.4, -0.2) is 70.5 Å². The molecular formula is C16H27N5O8. The van der Waals surface area contributed by atoms with Crippen molar-refractivity contribution in [3.63, 3.8) is 0 Å². The molecule has 13 heteroatoms. The Morgan fingerprint density at radius 3 is 1.97 bits per heavy atom. The van der Waals surface area contributed by atoms with E-state index in [9.17, 15) is 28.8 Å². The monoisotopic (exact) mass is 417 g/mol. The Labute approximate surface area is 166 Å². The van der Waals surface area contributed by atoms with Gasteiger partial charge in [0.1, 0.15) is 12.1 Å². The van der Waals surface area contributed by atoms with Crippen LogP contribution < -0.4 is 27.4 Å². The van der Waals surface area contributed by atoms with Crippen molar-refractivity contribution in [2.24, 2.45) is 17.4 Å². The van der Waals surface area contributed by atoms with E-state index in [2.05, 4.69) is 10.6 Å². The molecule has 0 rings (SSSR count). The zero-order valence-corrected chi connectivity index (χ0v) is 16.1. The molecule has 0 aromatic carbocycles. The molecule has 0 aliphatic rings. The Hall–Kier alpha value is -3.22. The molecule has 3 atom stereocenters. The van der Waals surface area contributed by atoms with E-state index in [1.165, 1.54) is 0 Å². The Bertz CT molecular complexity index is 651. The SMILES string of the molecule is CC(C)[C@H](N)C(=O)NCC(=O)N[C@@H](CC(N)=O)C(=O)N[C@@H](CCC(=O)O)C(=O)O. The first-order valence-corrected chi connectivity index (χ1v) is 8.71. The van der Waals surface area contributed by atoms with Gasteiger partial charge in [-0.3, -0.25) is 24.0 Å². The lowest BCUT2D eigenvalue weighted by atomic mass is 10.1. The van der Waals surface area contributed by atoms with Gasteiger partial charge < -0.3 is 37.6 Å². The fourth-order valence-electron chi connectivity index (χ4n) is 2.04. The molecule has 0 unspecified atom stereocenters. The predicted molar refractivity (Wildman–Crippen MR) is 98.0 cm³/mol. The molecule has 0 bridgehead atoms. The summed E-state index contributed by atoms with van der Waals surface area (Å²) in [5, 5.41) is 24.2. The molecule has 164 valence electrons. The van der Waals surface area contributed by atoms with Gasteiger partial charge >= 0.3 is 11.9 Å². The minimum Gasteiger partial charge on any atom is -0.481 e. The Kier molecular flexibility index (Phi) is 10.9. The van der Waals surface area contributed by atoms with Crippen molar-refractivity contribution in [3.8, 4) is 0 Å². The van der Waals surface area contributed by atoms with Crippen molar-refractivity contribution in [3.05, 3.63) is 0 Å². The third kappa shape index (κ3) is 10.6. The van der Waals surface area contributed by atoms with Crippen LogP contribution in [0.15, 0.2) is 0 Å². The van der Waals surface area contributed by atoms with Crippen LogP contribution in [0, 0.1) is 5.92 Å². The summed E-state index contributed by atoms with van der Waals surface area (Å²) < 4.78 is 0. The van der Waals surface area contributed by atoms with E-state index >= 15 is 0 Å². The second-order valence-electron chi connectivity index (χ2n) is 6.61. The smallest absolute Gasteiger partial charge is 0.326 e. The van der Waals surface area contributed by atoms with Crippen molar-refractivity contribution >= 4 is 35.6 Å². The number of aliphatic carboxylic acids is 2. The van der Waals surface area contributed by atoms with E-state index in [0.29, 0.717) is 0 Å². The number of hydrogen-bond acceptors (Lipinski definition) is 7. The van der Waals surface area contributed by atoms with Crippen molar-refractivity contribution < 1.29 is 39.0 Å². The van der Waals surface area contributed by atoms with Gasteiger partial charge in [-0.05, 0) is 12.3 Å². The molecule has 0 aliphatic carbocycles. The highest BCUT2D eigenvalue weighted by Crippen LogP contribution is 2.01. The predicted octanol–water partition coefficient (Wildman–Crippen LogP) is -3.12. The summed E-state index contributed by atoms with van der Waals surface area (Å²) in [5.41, 5.74) is 10.7. The minimum atomic E-state index is -1.55. The maximum atomic E-state index is 12.3. The highest BCUT2D eigenvalue weighted by Gasteiger charge is 2.28. The highest BCUT2D eigenvalue weighted by atomic mass is 16.4. The van der Waals surface area contributed by atoms with E-state index in [0.717, 1.165) is 0 Å². The van der Waals surface area contributed by atoms with E-state index in [4.69, 9.17) is 21.7 Å². The van der Waals surface area contributed by atoms with Gasteiger partial charge in [0.25, 0.3) is 0 Å². The number of carbonyl (C=O) groups excluding carboxylic acids is 4. The molecular weight excluding hydrogens is 390 g/mol. The van der Waals surface area contributed by atoms with Crippen LogP contribution in [0.5, 0.6) is 0 Å². The normalized spacial score (nSPS) is 13.7. The summed E-state index contributed by atoms with van der Waals surface area (Å²) in [6.45, 7) is 2.88. The number of rotatable bonds is 13. The molecule has 29 heavy (non-hydrogen) atoms. The number of nitrogens with two attached hydrogens (primary N) is 2. The molecule has 0 radical (unpaired) electrons. The zero-order chi connectivity index (χ0) is 22.7. The summed E-state index contributed by atoms with van der Waals surface area (Å²) in [6, 6.07) is -3.91. The highest BCUT2D eigenvalue weighted by molar-refractivity contribution is 5.95. The summed E-state index contributed by atoms with van der Waals surface area (Å²) in [6.07, 6.45) is -1.56. The zero-order valence-electron chi connectivity index (χ0n) is 16.1. The number of amides is 4. The molecule has 4 amide bonds. The second kappa shape index (κ2) is 12.3. The first-order chi connectivity index (χ1) is 13.3. The Morgan fingerprint density at radius 1 is 0.931 bits per heavy atom. The third-order valence-electron chi connectivity index (χ3n) is 3.76. The van der Waals surface area contributed by atoms with Gasteiger partial charge in [0.15, 0.2) is 0 Å². The van der Waals surface area contributed by atoms with Crippen molar-refractivity contribution in [2.45, 2.75) is 51.2 Å².